The standard InChI is InChI=1S/C32H56O9/c1-2-3-4-5-6-7-8-9-10-11-12-13-14-15-16-17-18-21-40-31(38)25-22-24(34)19-20-32(25,39)30-29(37)28(36)27(35)26(23-33)41-30/h19-20,22,25-30,33-37,39H,2-18,21,23H2,1H3/t25?,26-,27-,28+,29-,30-,32?/m1/s1. The number of carbonyl (C=O) groups is 1. The normalized spacial score (nSPS) is 29.9. The van der Waals surface area contributed by atoms with Crippen LogP contribution in [-0.2, 0) is 14.3 Å². The van der Waals surface area contributed by atoms with Crippen LogP contribution in [0.5, 0.6) is 0 Å². The molecule has 2 unspecified atom stereocenters. The van der Waals surface area contributed by atoms with Crippen LogP contribution in [0, 0.1) is 5.92 Å². The molecule has 0 spiro atoms. The van der Waals surface area contributed by atoms with Crippen LogP contribution >= 0.6 is 0 Å². The van der Waals surface area contributed by atoms with E-state index < -0.39 is 54.6 Å². The molecule has 0 radical (unpaired) electrons. The lowest BCUT2D eigenvalue weighted by Gasteiger charge is -2.47. The van der Waals surface area contributed by atoms with Crippen LogP contribution in [0.3, 0.4) is 0 Å². The molecule has 2 aliphatic rings. The number of allylic oxidation sites excluding steroid dienone is 1. The third kappa shape index (κ3) is 11.6. The smallest absolute Gasteiger partial charge is 0.316 e. The highest BCUT2D eigenvalue weighted by Crippen LogP contribution is 2.38. The molecule has 6 N–H and O–H groups in total. The third-order valence-corrected chi connectivity index (χ3v) is 8.45. The molecule has 0 aromatic carbocycles. The van der Waals surface area contributed by atoms with Crippen LogP contribution in [-0.4, -0.2) is 85.9 Å². The Morgan fingerprint density at radius 1 is 0.805 bits per heavy atom. The summed E-state index contributed by atoms with van der Waals surface area (Å²) >= 11 is 0. The lowest BCUT2D eigenvalue weighted by Crippen LogP contribution is -2.67. The first-order valence-corrected chi connectivity index (χ1v) is 16.1. The maximum Gasteiger partial charge on any atom is 0.316 e. The number of ether oxygens (including phenoxy) is 2. The van der Waals surface area contributed by atoms with Crippen molar-refractivity contribution in [2.75, 3.05) is 13.2 Å². The average molecular weight is 585 g/mol. The van der Waals surface area contributed by atoms with Crippen molar-refractivity contribution >= 4 is 5.97 Å². The largest absolute Gasteiger partial charge is 0.508 e. The lowest BCUT2D eigenvalue weighted by molar-refractivity contribution is -0.267. The van der Waals surface area contributed by atoms with E-state index in [1.54, 1.807) is 0 Å². The minimum atomic E-state index is -2.18. The van der Waals surface area contributed by atoms with Crippen molar-refractivity contribution in [2.45, 2.75) is 152 Å². The first-order chi connectivity index (χ1) is 19.8. The van der Waals surface area contributed by atoms with E-state index in [0.717, 1.165) is 37.5 Å². The van der Waals surface area contributed by atoms with Crippen LogP contribution in [0.1, 0.15) is 116 Å². The van der Waals surface area contributed by atoms with Gasteiger partial charge in [0, 0.05) is 0 Å². The summed E-state index contributed by atoms with van der Waals surface area (Å²) in [7, 11) is 0. The van der Waals surface area contributed by atoms with Crippen LogP contribution in [0.25, 0.3) is 0 Å². The minimum absolute atomic E-state index is 0.150. The fourth-order valence-electron chi connectivity index (χ4n) is 5.78. The molecule has 1 aliphatic carbocycles. The summed E-state index contributed by atoms with van der Waals surface area (Å²) in [5.41, 5.74) is -2.18. The number of hydrogen-bond donors (Lipinski definition) is 6. The van der Waals surface area contributed by atoms with Gasteiger partial charge in [-0.2, -0.15) is 0 Å². The van der Waals surface area contributed by atoms with Crippen LogP contribution in [0.2, 0.25) is 0 Å². The third-order valence-electron chi connectivity index (χ3n) is 8.45. The Morgan fingerprint density at radius 2 is 1.29 bits per heavy atom. The zero-order chi connectivity index (χ0) is 30.1. The number of aliphatic hydroxyl groups excluding tert-OH is 5. The van der Waals surface area contributed by atoms with Gasteiger partial charge in [0.05, 0.1) is 13.2 Å². The second kappa shape index (κ2) is 19.7. The van der Waals surface area contributed by atoms with Crippen LogP contribution in [0.4, 0.5) is 0 Å². The predicted octanol–water partition coefficient (Wildman–Crippen LogP) is 4.38. The van der Waals surface area contributed by atoms with E-state index in [4.69, 9.17) is 9.47 Å². The highest BCUT2D eigenvalue weighted by atomic mass is 16.6. The number of carbonyl (C=O) groups excluding carboxylic acids is 1. The number of unbranched alkanes of at least 4 members (excludes halogenated alkanes) is 16. The molecular weight excluding hydrogens is 528 g/mol. The first-order valence-electron chi connectivity index (χ1n) is 16.1. The van der Waals surface area contributed by atoms with Crippen molar-refractivity contribution in [2.24, 2.45) is 5.92 Å². The van der Waals surface area contributed by atoms with Gasteiger partial charge < -0.3 is 40.1 Å². The first kappa shape index (κ1) is 35.7. The number of esters is 1. The molecule has 0 saturated carbocycles. The van der Waals surface area contributed by atoms with E-state index in [1.165, 1.54) is 83.5 Å². The summed E-state index contributed by atoms with van der Waals surface area (Å²) < 4.78 is 10.9. The summed E-state index contributed by atoms with van der Waals surface area (Å²) in [5, 5.41) is 61.5. The second-order valence-electron chi connectivity index (χ2n) is 11.9. The quantitative estimate of drug-likeness (QED) is 0.0851. The Labute approximate surface area is 246 Å². The van der Waals surface area contributed by atoms with Crippen LogP contribution in [0.15, 0.2) is 24.0 Å². The Morgan fingerprint density at radius 3 is 1.78 bits per heavy atom. The Kier molecular flexibility index (Phi) is 17.1. The molecule has 7 atom stereocenters. The molecule has 41 heavy (non-hydrogen) atoms. The van der Waals surface area contributed by atoms with Gasteiger partial charge in [-0.1, -0.05) is 110 Å². The zero-order valence-electron chi connectivity index (χ0n) is 25.0. The van der Waals surface area contributed by atoms with Gasteiger partial charge in [0.25, 0.3) is 0 Å². The zero-order valence-corrected chi connectivity index (χ0v) is 25.0. The number of aliphatic hydroxyl groups is 6. The highest BCUT2D eigenvalue weighted by molar-refractivity contribution is 5.77. The van der Waals surface area contributed by atoms with E-state index in [0.29, 0.717) is 6.42 Å². The van der Waals surface area contributed by atoms with Gasteiger partial charge in [0.15, 0.2) is 0 Å². The summed E-state index contributed by atoms with van der Waals surface area (Å²) in [6.45, 7) is 1.74. The maximum absolute atomic E-state index is 12.9. The van der Waals surface area contributed by atoms with Gasteiger partial charge in [-0.25, -0.2) is 0 Å². The van der Waals surface area contributed by atoms with E-state index in [-0.39, 0.29) is 12.4 Å². The second-order valence-corrected chi connectivity index (χ2v) is 11.9. The van der Waals surface area contributed by atoms with Crippen molar-refractivity contribution in [3.8, 4) is 0 Å². The van der Waals surface area contributed by atoms with Gasteiger partial charge >= 0.3 is 5.97 Å². The molecule has 9 nitrogen and oxygen atoms in total. The van der Waals surface area contributed by atoms with Gasteiger partial charge in [-0.15, -0.1) is 0 Å². The molecular formula is C32H56O9. The van der Waals surface area contributed by atoms with Crippen molar-refractivity contribution < 1.29 is 44.9 Å². The van der Waals surface area contributed by atoms with E-state index >= 15 is 0 Å². The Balaban J connectivity index is 1.60. The summed E-state index contributed by atoms with van der Waals surface area (Å²) in [6, 6.07) is 0. The SMILES string of the molecule is CCCCCCCCCCCCCCCCCCCOC(=O)C1C=C(O)C=CC1(O)[C@@H]1O[C@H](CO)[C@@H](O)[C@H](O)[C@H]1O. The highest BCUT2D eigenvalue weighted by Gasteiger charge is 2.56. The molecule has 1 aliphatic heterocycles. The van der Waals surface area contributed by atoms with Gasteiger partial charge in [-0.05, 0) is 24.6 Å². The molecule has 0 bridgehead atoms. The van der Waals surface area contributed by atoms with E-state index in [1.807, 2.05) is 0 Å². The molecule has 0 aromatic heterocycles. The fraction of sp³-hybridized carbons (Fsp3) is 0.844. The monoisotopic (exact) mass is 584 g/mol. The molecule has 1 heterocycles. The molecule has 1 fully saturated rings. The molecule has 0 aromatic rings. The fourth-order valence-corrected chi connectivity index (χ4v) is 5.78. The Bertz CT molecular complexity index is 783. The Hall–Kier alpha value is -1.49. The summed E-state index contributed by atoms with van der Waals surface area (Å²) in [5.74, 6) is -2.49. The summed E-state index contributed by atoms with van der Waals surface area (Å²) in [4.78, 5) is 12.9. The molecule has 2 rings (SSSR count). The van der Waals surface area contributed by atoms with Crippen molar-refractivity contribution in [1.82, 2.24) is 0 Å². The predicted molar refractivity (Wildman–Crippen MR) is 157 cm³/mol. The molecule has 0 amide bonds. The van der Waals surface area contributed by atoms with Crippen molar-refractivity contribution in [1.29, 1.82) is 0 Å². The summed E-state index contributed by atoms with van der Waals surface area (Å²) in [6.07, 6.45) is 16.7. The molecule has 238 valence electrons. The van der Waals surface area contributed by atoms with Crippen molar-refractivity contribution in [3.63, 3.8) is 0 Å². The lowest BCUT2D eigenvalue weighted by atomic mass is 9.74. The van der Waals surface area contributed by atoms with Gasteiger partial charge in [0.2, 0.25) is 0 Å². The van der Waals surface area contributed by atoms with Gasteiger partial charge in [0.1, 0.15) is 47.8 Å². The minimum Gasteiger partial charge on any atom is -0.508 e. The van der Waals surface area contributed by atoms with Gasteiger partial charge in [-0.3, -0.25) is 4.79 Å². The van der Waals surface area contributed by atoms with Crippen molar-refractivity contribution in [3.05, 3.63) is 24.0 Å². The topological polar surface area (TPSA) is 157 Å². The number of hydrogen-bond acceptors (Lipinski definition) is 9. The molecule has 1 saturated heterocycles. The molecule has 9 heteroatoms. The average Bonchev–Trinajstić information content (AvgIpc) is 2.96. The van der Waals surface area contributed by atoms with E-state index in [2.05, 4.69) is 6.92 Å². The van der Waals surface area contributed by atoms with E-state index in [9.17, 15) is 35.4 Å². The number of rotatable bonds is 21. The van der Waals surface area contributed by atoms with Crippen LogP contribution < -0.4 is 0 Å². The maximum atomic E-state index is 12.9.